The van der Waals surface area contributed by atoms with Crippen LogP contribution in [-0.2, 0) is 16.6 Å². The number of esters is 1. The molecule has 5 heteroatoms. The Labute approximate surface area is 128 Å². The first-order valence-electron chi connectivity index (χ1n) is 7.33. The van der Waals surface area contributed by atoms with Gasteiger partial charge in [-0.3, -0.25) is 4.79 Å². The van der Waals surface area contributed by atoms with Crippen LogP contribution in [0, 0.1) is 0 Å². The Kier molecular flexibility index (Phi) is 3.96. The molecule has 0 bridgehead atoms. The summed E-state index contributed by atoms with van der Waals surface area (Å²) in [5.74, 6) is -0.774. The van der Waals surface area contributed by atoms with Crippen LogP contribution < -0.4 is 5.32 Å². The van der Waals surface area contributed by atoms with Crippen molar-refractivity contribution in [3.63, 3.8) is 0 Å². The Morgan fingerprint density at radius 2 is 1.91 bits per heavy atom. The van der Waals surface area contributed by atoms with Gasteiger partial charge in [-0.15, -0.1) is 0 Å². The van der Waals surface area contributed by atoms with Gasteiger partial charge in [0.1, 0.15) is 5.69 Å². The molecule has 1 aliphatic rings. The van der Waals surface area contributed by atoms with E-state index >= 15 is 0 Å². The highest BCUT2D eigenvalue weighted by Gasteiger charge is 2.31. The summed E-state index contributed by atoms with van der Waals surface area (Å²) in [4.78, 5) is 24.7. The summed E-state index contributed by atoms with van der Waals surface area (Å²) < 4.78 is 7.15. The first-order valence-corrected chi connectivity index (χ1v) is 7.33. The van der Waals surface area contributed by atoms with Gasteiger partial charge in [0.25, 0.3) is 5.91 Å². The molecule has 1 aromatic heterocycles. The van der Waals surface area contributed by atoms with Gasteiger partial charge in [0, 0.05) is 24.8 Å². The van der Waals surface area contributed by atoms with E-state index in [4.69, 9.17) is 4.74 Å². The SMILES string of the molecule is Cn1cccc1C(=O)O[C@H](C(=O)NC1CC1)c1ccccc1. The van der Waals surface area contributed by atoms with Gasteiger partial charge in [-0.1, -0.05) is 30.3 Å². The van der Waals surface area contributed by atoms with Crippen molar-refractivity contribution in [2.24, 2.45) is 7.05 Å². The van der Waals surface area contributed by atoms with E-state index in [2.05, 4.69) is 5.32 Å². The summed E-state index contributed by atoms with van der Waals surface area (Å²) in [6.45, 7) is 0. The summed E-state index contributed by atoms with van der Waals surface area (Å²) in [7, 11) is 1.76. The lowest BCUT2D eigenvalue weighted by atomic mass is 10.1. The molecule has 1 N–H and O–H groups in total. The second-order valence-electron chi connectivity index (χ2n) is 5.48. The van der Waals surface area contributed by atoms with Crippen LogP contribution in [0.4, 0.5) is 0 Å². The molecule has 22 heavy (non-hydrogen) atoms. The molecule has 1 amide bonds. The minimum Gasteiger partial charge on any atom is -0.443 e. The first-order chi connectivity index (χ1) is 10.6. The molecule has 0 spiro atoms. The maximum Gasteiger partial charge on any atom is 0.356 e. The second-order valence-corrected chi connectivity index (χ2v) is 5.48. The average Bonchev–Trinajstić information content (AvgIpc) is 3.23. The zero-order valence-corrected chi connectivity index (χ0v) is 12.4. The van der Waals surface area contributed by atoms with Gasteiger partial charge in [-0.25, -0.2) is 4.79 Å². The quantitative estimate of drug-likeness (QED) is 0.861. The van der Waals surface area contributed by atoms with Crippen molar-refractivity contribution in [3.8, 4) is 0 Å². The third-order valence-corrected chi connectivity index (χ3v) is 3.64. The summed E-state index contributed by atoms with van der Waals surface area (Å²) >= 11 is 0. The number of nitrogens with zero attached hydrogens (tertiary/aromatic N) is 1. The molecule has 2 aromatic rings. The van der Waals surface area contributed by atoms with Crippen LogP contribution in [0.3, 0.4) is 0 Å². The van der Waals surface area contributed by atoms with Crippen LogP contribution in [0.1, 0.15) is 35.0 Å². The van der Waals surface area contributed by atoms with Gasteiger partial charge in [-0.2, -0.15) is 0 Å². The topological polar surface area (TPSA) is 60.3 Å². The van der Waals surface area contributed by atoms with Crippen molar-refractivity contribution >= 4 is 11.9 Å². The average molecular weight is 298 g/mol. The number of aromatic nitrogens is 1. The van der Waals surface area contributed by atoms with Crippen LogP contribution in [0.2, 0.25) is 0 Å². The molecule has 0 radical (unpaired) electrons. The zero-order chi connectivity index (χ0) is 15.5. The molecule has 0 unspecified atom stereocenters. The number of hydrogen-bond acceptors (Lipinski definition) is 3. The lowest BCUT2D eigenvalue weighted by Crippen LogP contribution is -2.33. The summed E-state index contributed by atoms with van der Waals surface area (Å²) in [6.07, 6.45) is 2.81. The molecule has 1 atom stereocenters. The van der Waals surface area contributed by atoms with E-state index in [0.717, 1.165) is 12.8 Å². The van der Waals surface area contributed by atoms with E-state index < -0.39 is 12.1 Å². The van der Waals surface area contributed by atoms with Gasteiger partial charge in [-0.05, 0) is 25.0 Å². The van der Waals surface area contributed by atoms with E-state index in [9.17, 15) is 9.59 Å². The number of carbonyl (C=O) groups excluding carboxylic acids is 2. The van der Waals surface area contributed by atoms with Crippen molar-refractivity contribution in [2.45, 2.75) is 25.0 Å². The van der Waals surface area contributed by atoms with Gasteiger partial charge in [0.15, 0.2) is 0 Å². The van der Waals surface area contributed by atoms with Crippen LogP contribution >= 0.6 is 0 Å². The molecule has 1 heterocycles. The minimum atomic E-state index is -0.927. The summed E-state index contributed by atoms with van der Waals surface area (Å²) in [5.41, 5.74) is 1.09. The molecule has 0 aliphatic heterocycles. The number of ether oxygens (including phenoxy) is 1. The number of nitrogens with one attached hydrogen (secondary N) is 1. The molecule has 0 saturated heterocycles. The Balaban J connectivity index is 1.80. The smallest absolute Gasteiger partial charge is 0.356 e. The number of aryl methyl sites for hydroxylation is 1. The Bertz CT molecular complexity index is 674. The van der Waals surface area contributed by atoms with Crippen molar-refractivity contribution in [1.82, 2.24) is 9.88 Å². The maximum atomic E-state index is 12.4. The molecule has 1 aromatic carbocycles. The monoisotopic (exact) mass is 298 g/mol. The number of benzene rings is 1. The first kappa shape index (κ1) is 14.4. The highest BCUT2D eigenvalue weighted by atomic mass is 16.5. The lowest BCUT2D eigenvalue weighted by Gasteiger charge is -2.18. The van der Waals surface area contributed by atoms with Crippen LogP contribution in [0.5, 0.6) is 0 Å². The molecule has 5 nitrogen and oxygen atoms in total. The number of hydrogen-bond donors (Lipinski definition) is 1. The van der Waals surface area contributed by atoms with E-state index in [1.54, 1.807) is 42.1 Å². The molecule has 1 fully saturated rings. The van der Waals surface area contributed by atoms with E-state index in [1.165, 1.54) is 0 Å². The lowest BCUT2D eigenvalue weighted by molar-refractivity contribution is -0.130. The molecular formula is C17H18N2O3. The van der Waals surface area contributed by atoms with E-state index in [1.807, 2.05) is 18.2 Å². The summed E-state index contributed by atoms with van der Waals surface area (Å²) in [6, 6.07) is 12.7. The molecule has 3 rings (SSSR count). The van der Waals surface area contributed by atoms with Crippen LogP contribution in [-0.4, -0.2) is 22.5 Å². The predicted molar refractivity (Wildman–Crippen MR) is 81.2 cm³/mol. The minimum absolute atomic E-state index is 0.215. The number of amides is 1. The van der Waals surface area contributed by atoms with E-state index in [-0.39, 0.29) is 11.9 Å². The zero-order valence-electron chi connectivity index (χ0n) is 12.4. The van der Waals surface area contributed by atoms with Crippen LogP contribution in [0.25, 0.3) is 0 Å². The van der Waals surface area contributed by atoms with Crippen molar-refractivity contribution < 1.29 is 14.3 Å². The van der Waals surface area contributed by atoms with Crippen LogP contribution in [0.15, 0.2) is 48.7 Å². The van der Waals surface area contributed by atoms with Gasteiger partial charge < -0.3 is 14.6 Å². The van der Waals surface area contributed by atoms with Gasteiger partial charge >= 0.3 is 5.97 Å². The Morgan fingerprint density at radius 3 is 2.50 bits per heavy atom. The fourth-order valence-electron chi connectivity index (χ4n) is 2.25. The van der Waals surface area contributed by atoms with Crippen molar-refractivity contribution in [2.75, 3.05) is 0 Å². The Hall–Kier alpha value is -2.56. The highest BCUT2D eigenvalue weighted by Crippen LogP contribution is 2.24. The number of rotatable bonds is 5. The highest BCUT2D eigenvalue weighted by molar-refractivity contribution is 5.91. The largest absolute Gasteiger partial charge is 0.443 e. The van der Waals surface area contributed by atoms with Gasteiger partial charge in [0.05, 0.1) is 0 Å². The molecule has 1 saturated carbocycles. The summed E-state index contributed by atoms with van der Waals surface area (Å²) in [5, 5.41) is 2.89. The third kappa shape index (κ3) is 3.19. The normalized spacial score (nSPS) is 15.1. The molecular weight excluding hydrogens is 280 g/mol. The Morgan fingerprint density at radius 1 is 1.18 bits per heavy atom. The fraction of sp³-hybridized carbons (Fsp3) is 0.294. The molecule has 1 aliphatic carbocycles. The predicted octanol–water partition coefficient (Wildman–Crippen LogP) is 2.20. The standard InChI is InChI=1S/C17H18N2O3/c1-19-11-5-8-14(19)17(21)22-15(12-6-3-2-4-7-12)16(20)18-13-9-10-13/h2-8,11,13,15H,9-10H2,1H3,(H,18,20)/t15-/m0/s1. The third-order valence-electron chi connectivity index (χ3n) is 3.64. The van der Waals surface area contributed by atoms with E-state index in [0.29, 0.717) is 11.3 Å². The molecule has 114 valence electrons. The van der Waals surface area contributed by atoms with Crippen molar-refractivity contribution in [1.29, 1.82) is 0 Å². The fourth-order valence-corrected chi connectivity index (χ4v) is 2.25. The maximum absolute atomic E-state index is 12.4. The second kappa shape index (κ2) is 6.05. The van der Waals surface area contributed by atoms with Crippen molar-refractivity contribution in [3.05, 3.63) is 59.9 Å². The number of carbonyl (C=O) groups is 2. The van der Waals surface area contributed by atoms with Gasteiger partial charge in [0.2, 0.25) is 6.10 Å².